The summed E-state index contributed by atoms with van der Waals surface area (Å²) in [6.45, 7) is 6.38. The number of ether oxygens (including phenoxy) is 1. The van der Waals surface area contributed by atoms with Crippen molar-refractivity contribution in [3.05, 3.63) is 48.6 Å². The molecule has 0 aromatic rings. The molecule has 0 radical (unpaired) electrons. The molecule has 0 saturated heterocycles. The number of nitrogens with one attached hydrogen (secondary N) is 1. The Balaban J connectivity index is 4.47. The highest BCUT2D eigenvalue weighted by atomic mass is 16.5. The third-order valence-electron chi connectivity index (χ3n) is 11.2. The van der Waals surface area contributed by atoms with Crippen molar-refractivity contribution in [2.75, 3.05) is 6.61 Å². The number of allylic oxidation sites excluding steroid dienone is 8. The molecule has 6 heteroatoms. The third kappa shape index (κ3) is 40.6. The van der Waals surface area contributed by atoms with Crippen LogP contribution < -0.4 is 5.32 Å². The molecule has 0 aliphatic rings. The molecule has 6 nitrogen and oxygen atoms in total. The summed E-state index contributed by atoms with van der Waals surface area (Å²) in [4.78, 5) is 26.0. The molecule has 3 N–H and O–H groups in total. The molecule has 0 fully saturated rings. The van der Waals surface area contributed by atoms with Crippen molar-refractivity contribution >= 4 is 11.9 Å². The van der Waals surface area contributed by atoms with Crippen molar-refractivity contribution in [3.8, 4) is 0 Å². The molecular formula is C52H95NO5. The molecule has 3 atom stereocenters. The van der Waals surface area contributed by atoms with Gasteiger partial charge < -0.3 is 20.3 Å². The lowest BCUT2D eigenvalue weighted by Crippen LogP contribution is -2.46. The van der Waals surface area contributed by atoms with Gasteiger partial charge >= 0.3 is 5.97 Å². The normalized spacial score (nSPS) is 13.7. The van der Waals surface area contributed by atoms with Gasteiger partial charge in [-0.15, -0.1) is 0 Å². The van der Waals surface area contributed by atoms with Gasteiger partial charge in [-0.05, 0) is 70.6 Å². The fourth-order valence-electron chi connectivity index (χ4n) is 7.37. The number of carbonyl (C=O) groups excluding carboxylic acids is 2. The highest BCUT2D eigenvalue weighted by molar-refractivity contribution is 5.77. The molecule has 0 aromatic heterocycles. The minimum absolute atomic E-state index is 0.0578. The summed E-state index contributed by atoms with van der Waals surface area (Å²) in [5, 5.41) is 23.7. The van der Waals surface area contributed by atoms with Crippen molar-refractivity contribution in [2.24, 2.45) is 0 Å². The fourth-order valence-corrected chi connectivity index (χ4v) is 7.37. The van der Waals surface area contributed by atoms with Crippen LogP contribution in [0.5, 0.6) is 0 Å². The molecule has 0 aliphatic carbocycles. The number of carbonyl (C=O) groups is 2. The molecule has 3 unspecified atom stereocenters. The second-order valence-electron chi connectivity index (χ2n) is 16.9. The third-order valence-corrected chi connectivity index (χ3v) is 11.2. The smallest absolute Gasteiger partial charge is 0.306 e. The first-order valence-electron chi connectivity index (χ1n) is 24.9. The zero-order valence-electron chi connectivity index (χ0n) is 38.4. The SMILES string of the molecule is CCC/C=C\CCCCCC(CC(=O)NC(CO)C(O)CCCCCCCCCCCCCCC)OC(=O)CCCCCCC/C=C/C=C/C=C/CCCCCCC. The number of amides is 1. The van der Waals surface area contributed by atoms with Gasteiger partial charge in [-0.25, -0.2) is 0 Å². The van der Waals surface area contributed by atoms with E-state index in [4.69, 9.17) is 4.74 Å². The Labute approximate surface area is 359 Å². The van der Waals surface area contributed by atoms with Crippen molar-refractivity contribution in [1.82, 2.24) is 5.32 Å². The van der Waals surface area contributed by atoms with Crippen molar-refractivity contribution < 1.29 is 24.5 Å². The van der Waals surface area contributed by atoms with E-state index in [9.17, 15) is 19.8 Å². The van der Waals surface area contributed by atoms with E-state index in [-0.39, 0.29) is 24.9 Å². The first-order chi connectivity index (χ1) is 28.5. The van der Waals surface area contributed by atoms with Crippen molar-refractivity contribution in [3.63, 3.8) is 0 Å². The predicted molar refractivity (Wildman–Crippen MR) is 250 cm³/mol. The van der Waals surface area contributed by atoms with Gasteiger partial charge in [0, 0.05) is 6.42 Å². The standard InChI is InChI=1S/C52H95NO5/c1-4-7-10-13-16-19-21-23-24-25-26-27-29-31-33-36-39-42-45-52(57)58-48(43-40-37-34-18-15-12-9-6-3)46-51(56)53-49(47-54)50(55)44-41-38-35-32-30-28-22-20-17-14-11-8-5-2/h12,15,21,23-27,48-50,54-55H,4-11,13-14,16-20,22,28-47H2,1-3H3,(H,53,56)/b15-12-,23-21+,25-24+,27-26+. The molecule has 0 aliphatic heterocycles. The Bertz CT molecular complexity index is 1000. The minimum Gasteiger partial charge on any atom is -0.462 e. The van der Waals surface area contributed by atoms with Gasteiger partial charge in [0.15, 0.2) is 0 Å². The van der Waals surface area contributed by atoms with Crippen LogP contribution >= 0.6 is 0 Å². The highest BCUT2D eigenvalue weighted by Gasteiger charge is 2.24. The molecular weight excluding hydrogens is 719 g/mol. The Morgan fingerprint density at radius 1 is 0.500 bits per heavy atom. The number of hydrogen-bond acceptors (Lipinski definition) is 5. The van der Waals surface area contributed by atoms with Crippen LogP contribution in [0.3, 0.4) is 0 Å². The molecule has 58 heavy (non-hydrogen) atoms. The van der Waals surface area contributed by atoms with Crippen LogP contribution in [0.1, 0.15) is 245 Å². The maximum atomic E-state index is 13.1. The predicted octanol–water partition coefficient (Wildman–Crippen LogP) is 14.7. The van der Waals surface area contributed by atoms with Crippen LogP contribution in [0.15, 0.2) is 48.6 Å². The van der Waals surface area contributed by atoms with Gasteiger partial charge in [0.05, 0.1) is 25.2 Å². The Morgan fingerprint density at radius 3 is 1.45 bits per heavy atom. The maximum absolute atomic E-state index is 13.1. The second kappa shape index (κ2) is 45.9. The van der Waals surface area contributed by atoms with Gasteiger partial charge in [0.25, 0.3) is 0 Å². The van der Waals surface area contributed by atoms with Gasteiger partial charge in [-0.1, -0.05) is 211 Å². The van der Waals surface area contributed by atoms with Gasteiger partial charge in [-0.2, -0.15) is 0 Å². The minimum atomic E-state index is -0.793. The van der Waals surface area contributed by atoms with Crippen LogP contribution in [0.25, 0.3) is 0 Å². The van der Waals surface area contributed by atoms with Gasteiger partial charge in [0.1, 0.15) is 6.10 Å². The van der Waals surface area contributed by atoms with E-state index in [1.807, 2.05) is 0 Å². The summed E-state index contributed by atoms with van der Waals surface area (Å²) in [5.41, 5.74) is 0. The topological polar surface area (TPSA) is 95.9 Å². The van der Waals surface area contributed by atoms with Gasteiger partial charge in [-0.3, -0.25) is 9.59 Å². The molecule has 1 amide bonds. The lowest BCUT2D eigenvalue weighted by molar-refractivity contribution is -0.151. The monoisotopic (exact) mass is 814 g/mol. The Kier molecular flexibility index (Phi) is 44.2. The van der Waals surface area contributed by atoms with Crippen LogP contribution in [0, 0.1) is 0 Å². The quantitative estimate of drug-likeness (QED) is 0.0246. The first-order valence-corrected chi connectivity index (χ1v) is 24.9. The largest absolute Gasteiger partial charge is 0.462 e. The van der Waals surface area contributed by atoms with E-state index in [2.05, 4.69) is 74.7 Å². The maximum Gasteiger partial charge on any atom is 0.306 e. The second-order valence-corrected chi connectivity index (χ2v) is 16.9. The summed E-state index contributed by atoms with van der Waals surface area (Å²) in [6.07, 6.45) is 54.6. The summed E-state index contributed by atoms with van der Waals surface area (Å²) >= 11 is 0. The van der Waals surface area contributed by atoms with Gasteiger partial charge in [0.2, 0.25) is 5.91 Å². The fraction of sp³-hybridized carbons (Fsp3) is 0.808. The number of hydrogen-bond donors (Lipinski definition) is 3. The number of unbranched alkanes of at least 4 members (excludes halogenated alkanes) is 26. The molecule has 0 rings (SSSR count). The van der Waals surface area contributed by atoms with Crippen LogP contribution in [0.4, 0.5) is 0 Å². The van der Waals surface area contributed by atoms with E-state index in [1.54, 1.807) is 0 Å². The number of esters is 1. The first kappa shape index (κ1) is 55.8. The molecule has 0 aromatic carbocycles. The lowest BCUT2D eigenvalue weighted by Gasteiger charge is -2.24. The zero-order valence-corrected chi connectivity index (χ0v) is 38.4. The average Bonchev–Trinajstić information content (AvgIpc) is 3.22. The summed E-state index contributed by atoms with van der Waals surface area (Å²) in [7, 11) is 0. The molecule has 0 saturated carbocycles. The summed E-state index contributed by atoms with van der Waals surface area (Å²) in [6, 6.07) is -0.708. The van der Waals surface area contributed by atoms with Crippen LogP contribution in [0.2, 0.25) is 0 Å². The average molecular weight is 814 g/mol. The zero-order chi connectivity index (χ0) is 42.4. The van der Waals surface area contributed by atoms with Crippen molar-refractivity contribution in [2.45, 2.75) is 264 Å². The van der Waals surface area contributed by atoms with E-state index < -0.39 is 18.2 Å². The Hall–Kier alpha value is -2.18. The summed E-state index contributed by atoms with van der Waals surface area (Å²) < 4.78 is 5.88. The number of rotatable bonds is 44. The van der Waals surface area contributed by atoms with E-state index >= 15 is 0 Å². The van der Waals surface area contributed by atoms with E-state index in [0.29, 0.717) is 19.3 Å². The molecule has 338 valence electrons. The van der Waals surface area contributed by atoms with Crippen LogP contribution in [-0.4, -0.2) is 46.9 Å². The Morgan fingerprint density at radius 2 is 0.931 bits per heavy atom. The summed E-state index contributed by atoms with van der Waals surface area (Å²) in [5.74, 6) is -0.514. The molecule has 0 spiro atoms. The highest BCUT2D eigenvalue weighted by Crippen LogP contribution is 2.17. The number of aliphatic hydroxyl groups excluding tert-OH is 2. The lowest BCUT2D eigenvalue weighted by atomic mass is 10.0. The number of aliphatic hydroxyl groups is 2. The molecule has 0 heterocycles. The molecule has 0 bridgehead atoms. The van der Waals surface area contributed by atoms with E-state index in [0.717, 1.165) is 96.3 Å². The van der Waals surface area contributed by atoms with E-state index in [1.165, 1.54) is 103 Å². The van der Waals surface area contributed by atoms with Crippen LogP contribution in [-0.2, 0) is 14.3 Å². The van der Waals surface area contributed by atoms with Crippen molar-refractivity contribution in [1.29, 1.82) is 0 Å².